The maximum Gasteiger partial charge on any atom is 0.216 e. The highest BCUT2D eigenvalue weighted by Crippen LogP contribution is 2.29. The SMILES string of the molecule is CC(=O)NCCCC1OCC(c2cccc3ccccc23)CO1. The fourth-order valence-electron chi connectivity index (χ4n) is 3.03. The van der Waals surface area contributed by atoms with E-state index in [0.717, 1.165) is 12.8 Å². The lowest BCUT2D eigenvalue weighted by Crippen LogP contribution is -2.31. The molecule has 1 fully saturated rings. The molecule has 0 radical (unpaired) electrons. The highest BCUT2D eigenvalue weighted by molar-refractivity contribution is 5.86. The van der Waals surface area contributed by atoms with Gasteiger partial charge in [-0.25, -0.2) is 0 Å². The number of carbonyl (C=O) groups is 1. The number of fused-ring (bicyclic) bond motifs is 1. The third-order valence-corrected chi connectivity index (χ3v) is 4.22. The third kappa shape index (κ3) is 4.09. The molecule has 4 heteroatoms. The zero-order valence-electron chi connectivity index (χ0n) is 13.5. The molecule has 1 amide bonds. The summed E-state index contributed by atoms with van der Waals surface area (Å²) in [5.74, 6) is 0.277. The van der Waals surface area contributed by atoms with Crippen molar-refractivity contribution in [3.05, 3.63) is 48.0 Å². The molecule has 1 N–H and O–H groups in total. The first-order chi connectivity index (χ1) is 11.2. The van der Waals surface area contributed by atoms with Crippen LogP contribution < -0.4 is 5.32 Å². The van der Waals surface area contributed by atoms with Crippen molar-refractivity contribution in [2.75, 3.05) is 19.8 Å². The summed E-state index contributed by atoms with van der Waals surface area (Å²) < 4.78 is 11.7. The molecule has 2 aromatic carbocycles. The largest absolute Gasteiger partial charge is 0.356 e. The molecule has 0 atom stereocenters. The van der Waals surface area contributed by atoms with Crippen LogP contribution >= 0.6 is 0 Å². The third-order valence-electron chi connectivity index (χ3n) is 4.22. The summed E-state index contributed by atoms with van der Waals surface area (Å²) in [4.78, 5) is 10.8. The lowest BCUT2D eigenvalue weighted by atomic mass is 9.94. The Hall–Kier alpha value is -1.91. The van der Waals surface area contributed by atoms with Crippen molar-refractivity contribution in [1.82, 2.24) is 5.32 Å². The van der Waals surface area contributed by atoms with E-state index in [0.29, 0.717) is 19.8 Å². The van der Waals surface area contributed by atoms with Crippen LogP contribution in [-0.4, -0.2) is 32.0 Å². The first-order valence-electron chi connectivity index (χ1n) is 8.19. The van der Waals surface area contributed by atoms with E-state index in [1.807, 2.05) is 0 Å². The van der Waals surface area contributed by atoms with Gasteiger partial charge in [0.1, 0.15) is 0 Å². The zero-order valence-corrected chi connectivity index (χ0v) is 13.5. The predicted molar refractivity (Wildman–Crippen MR) is 90.3 cm³/mol. The molecule has 0 bridgehead atoms. The smallest absolute Gasteiger partial charge is 0.216 e. The second-order valence-corrected chi connectivity index (χ2v) is 5.99. The Bertz CT molecular complexity index is 657. The Labute approximate surface area is 136 Å². The molecule has 4 nitrogen and oxygen atoms in total. The van der Waals surface area contributed by atoms with Gasteiger partial charge in [0.2, 0.25) is 5.91 Å². The quantitative estimate of drug-likeness (QED) is 0.862. The minimum atomic E-state index is -0.157. The summed E-state index contributed by atoms with van der Waals surface area (Å²) in [6, 6.07) is 14.8. The van der Waals surface area contributed by atoms with Gasteiger partial charge in [0.05, 0.1) is 13.2 Å². The summed E-state index contributed by atoms with van der Waals surface area (Å²) in [5, 5.41) is 5.32. The van der Waals surface area contributed by atoms with Crippen molar-refractivity contribution in [3.8, 4) is 0 Å². The molecule has 1 aliphatic heterocycles. The zero-order chi connectivity index (χ0) is 16.1. The minimum absolute atomic E-state index is 0.00602. The van der Waals surface area contributed by atoms with Gasteiger partial charge in [-0.05, 0) is 22.8 Å². The molecular formula is C19H23NO3. The highest BCUT2D eigenvalue weighted by Gasteiger charge is 2.24. The van der Waals surface area contributed by atoms with Crippen LogP contribution in [0.25, 0.3) is 10.8 Å². The van der Waals surface area contributed by atoms with Crippen molar-refractivity contribution in [2.24, 2.45) is 0 Å². The summed E-state index contributed by atoms with van der Waals surface area (Å²) in [7, 11) is 0. The molecule has 3 rings (SSSR count). The Morgan fingerprint density at radius 2 is 1.87 bits per heavy atom. The topological polar surface area (TPSA) is 47.6 Å². The van der Waals surface area contributed by atoms with E-state index in [1.54, 1.807) is 0 Å². The standard InChI is InChI=1S/C19H23NO3/c1-14(21)20-11-5-10-19-22-12-16(13-23-19)18-9-4-7-15-6-2-3-8-17(15)18/h2-4,6-9,16,19H,5,10-13H2,1H3,(H,20,21). The monoisotopic (exact) mass is 313 g/mol. The fraction of sp³-hybridized carbons (Fsp3) is 0.421. The van der Waals surface area contributed by atoms with Crippen LogP contribution in [0, 0.1) is 0 Å². The molecule has 122 valence electrons. The van der Waals surface area contributed by atoms with E-state index in [-0.39, 0.29) is 18.1 Å². The number of amides is 1. The lowest BCUT2D eigenvalue weighted by molar-refractivity contribution is -0.189. The van der Waals surface area contributed by atoms with E-state index >= 15 is 0 Å². The summed E-state index contributed by atoms with van der Waals surface area (Å²) in [6.45, 7) is 3.56. The van der Waals surface area contributed by atoms with E-state index < -0.39 is 0 Å². The number of carbonyl (C=O) groups excluding carboxylic acids is 1. The van der Waals surface area contributed by atoms with Crippen LogP contribution in [0.2, 0.25) is 0 Å². The second kappa shape index (κ2) is 7.57. The van der Waals surface area contributed by atoms with Crippen LogP contribution in [0.5, 0.6) is 0 Å². The van der Waals surface area contributed by atoms with Gasteiger partial charge in [0, 0.05) is 25.8 Å². The average molecular weight is 313 g/mol. The number of benzene rings is 2. The first kappa shape index (κ1) is 16.0. The first-order valence-corrected chi connectivity index (χ1v) is 8.19. The fourth-order valence-corrected chi connectivity index (χ4v) is 3.03. The molecular weight excluding hydrogens is 290 g/mol. The molecule has 23 heavy (non-hydrogen) atoms. The number of nitrogens with one attached hydrogen (secondary N) is 1. The van der Waals surface area contributed by atoms with Gasteiger partial charge in [-0.1, -0.05) is 42.5 Å². The molecule has 1 aliphatic rings. The maximum absolute atomic E-state index is 10.8. The molecule has 1 saturated heterocycles. The lowest BCUT2D eigenvalue weighted by Gasteiger charge is -2.30. The van der Waals surface area contributed by atoms with E-state index in [2.05, 4.69) is 47.8 Å². The number of hydrogen-bond donors (Lipinski definition) is 1. The molecule has 2 aromatic rings. The van der Waals surface area contributed by atoms with Gasteiger partial charge >= 0.3 is 0 Å². The molecule has 0 spiro atoms. The Morgan fingerprint density at radius 1 is 1.13 bits per heavy atom. The molecule has 0 unspecified atom stereocenters. The number of ether oxygens (including phenoxy) is 2. The highest BCUT2D eigenvalue weighted by atomic mass is 16.7. The molecule has 0 aliphatic carbocycles. The number of rotatable bonds is 5. The average Bonchev–Trinajstić information content (AvgIpc) is 2.59. The van der Waals surface area contributed by atoms with Crippen molar-refractivity contribution in [3.63, 3.8) is 0 Å². The maximum atomic E-state index is 10.8. The van der Waals surface area contributed by atoms with Gasteiger partial charge in [-0.2, -0.15) is 0 Å². The Kier molecular flexibility index (Phi) is 5.26. The van der Waals surface area contributed by atoms with E-state index in [4.69, 9.17) is 9.47 Å². The van der Waals surface area contributed by atoms with Gasteiger partial charge in [0.15, 0.2) is 6.29 Å². The molecule has 0 aromatic heterocycles. The summed E-state index contributed by atoms with van der Waals surface area (Å²) >= 11 is 0. The Balaban J connectivity index is 1.55. The van der Waals surface area contributed by atoms with Crippen molar-refractivity contribution in [1.29, 1.82) is 0 Å². The Morgan fingerprint density at radius 3 is 2.65 bits per heavy atom. The van der Waals surface area contributed by atoms with Gasteiger partial charge in [0.25, 0.3) is 0 Å². The van der Waals surface area contributed by atoms with Crippen LogP contribution in [0.3, 0.4) is 0 Å². The second-order valence-electron chi connectivity index (χ2n) is 5.99. The van der Waals surface area contributed by atoms with Crippen molar-refractivity contribution >= 4 is 16.7 Å². The predicted octanol–water partition coefficient (Wildman–Crippen LogP) is 3.21. The molecule has 0 saturated carbocycles. The van der Waals surface area contributed by atoms with Crippen molar-refractivity contribution < 1.29 is 14.3 Å². The van der Waals surface area contributed by atoms with Crippen LogP contribution in [0.1, 0.15) is 31.2 Å². The molecule has 1 heterocycles. The van der Waals surface area contributed by atoms with Crippen LogP contribution in [0.15, 0.2) is 42.5 Å². The minimum Gasteiger partial charge on any atom is -0.356 e. The van der Waals surface area contributed by atoms with Crippen LogP contribution in [-0.2, 0) is 14.3 Å². The number of hydrogen-bond acceptors (Lipinski definition) is 3. The van der Waals surface area contributed by atoms with Gasteiger partial charge < -0.3 is 14.8 Å². The summed E-state index contributed by atoms with van der Waals surface area (Å²) in [6.07, 6.45) is 1.51. The van der Waals surface area contributed by atoms with Gasteiger partial charge in [-0.15, -0.1) is 0 Å². The summed E-state index contributed by atoms with van der Waals surface area (Å²) in [5.41, 5.74) is 1.29. The van der Waals surface area contributed by atoms with Crippen molar-refractivity contribution in [2.45, 2.75) is 32.0 Å². The van der Waals surface area contributed by atoms with Crippen LogP contribution in [0.4, 0.5) is 0 Å². The normalized spacial score (nSPS) is 21.3. The van der Waals surface area contributed by atoms with Gasteiger partial charge in [-0.3, -0.25) is 4.79 Å². The van der Waals surface area contributed by atoms with E-state index in [1.165, 1.54) is 23.3 Å². The van der Waals surface area contributed by atoms with E-state index in [9.17, 15) is 4.79 Å².